The minimum atomic E-state index is -4.05. The van der Waals surface area contributed by atoms with Gasteiger partial charge in [0, 0.05) is 33.0 Å². The molecule has 1 saturated carbocycles. The fourth-order valence-corrected chi connectivity index (χ4v) is 3.54. The highest BCUT2D eigenvalue weighted by Gasteiger charge is 2.34. The van der Waals surface area contributed by atoms with Crippen LogP contribution in [0.15, 0.2) is 47.6 Å². The summed E-state index contributed by atoms with van der Waals surface area (Å²) in [6.07, 6.45) is 2.95. The van der Waals surface area contributed by atoms with Crippen LogP contribution in [-0.4, -0.2) is 45.7 Å². The molecule has 34 heavy (non-hydrogen) atoms. The zero-order valence-electron chi connectivity index (χ0n) is 19.2. The van der Waals surface area contributed by atoms with Gasteiger partial charge in [0.25, 0.3) is 11.8 Å². The van der Waals surface area contributed by atoms with Crippen LogP contribution in [0.25, 0.3) is 0 Å². The van der Waals surface area contributed by atoms with Gasteiger partial charge in [0.1, 0.15) is 11.4 Å². The fraction of sp³-hybridized carbons (Fsp3) is 0.391. The van der Waals surface area contributed by atoms with Crippen molar-refractivity contribution in [3.63, 3.8) is 0 Å². The van der Waals surface area contributed by atoms with Crippen LogP contribution in [0.3, 0.4) is 0 Å². The number of benzene rings is 1. The van der Waals surface area contributed by atoms with E-state index in [1.165, 1.54) is 0 Å². The van der Waals surface area contributed by atoms with Crippen LogP contribution in [0.1, 0.15) is 35.8 Å². The van der Waals surface area contributed by atoms with E-state index in [1.807, 2.05) is 19.0 Å². The van der Waals surface area contributed by atoms with Gasteiger partial charge in [-0.2, -0.15) is 4.39 Å². The predicted octanol–water partition coefficient (Wildman–Crippen LogP) is 4.42. The second-order valence-electron chi connectivity index (χ2n) is 8.51. The van der Waals surface area contributed by atoms with E-state index in [1.54, 1.807) is 24.3 Å². The van der Waals surface area contributed by atoms with Crippen LogP contribution < -0.4 is 15.0 Å². The molecule has 1 fully saturated rings. The number of nitrogens with zero attached hydrogens (tertiary/aromatic N) is 2. The van der Waals surface area contributed by atoms with Crippen LogP contribution in [0.4, 0.5) is 18.9 Å². The van der Waals surface area contributed by atoms with E-state index in [4.69, 9.17) is 4.74 Å². The average Bonchev–Trinajstić information content (AvgIpc) is 3.57. The van der Waals surface area contributed by atoms with Crippen LogP contribution in [-0.2, 0) is 15.8 Å². The van der Waals surface area contributed by atoms with Crippen LogP contribution in [0, 0.1) is 5.92 Å². The van der Waals surface area contributed by atoms with Crippen molar-refractivity contribution < 1.29 is 31.1 Å². The van der Waals surface area contributed by atoms with Crippen molar-refractivity contribution in [2.75, 3.05) is 25.3 Å². The minimum Gasteiger partial charge on any atom is -0.438 e. The van der Waals surface area contributed by atoms with Gasteiger partial charge in [0.15, 0.2) is 0 Å². The molecule has 184 valence electrons. The average molecular weight is 498 g/mol. The number of nitrogens with one attached hydrogen (secondary N) is 1. The summed E-state index contributed by atoms with van der Waals surface area (Å²) in [6.45, 7) is 0.688. The molecular weight excluding hydrogens is 471 g/mol. The summed E-state index contributed by atoms with van der Waals surface area (Å²) in [5.74, 6) is -4.39. The van der Waals surface area contributed by atoms with Gasteiger partial charge in [-0.3, -0.25) is 4.79 Å². The Balaban J connectivity index is 1.89. The number of rotatable bonds is 9. The molecule has 11 heteroatoms. The molecule has 1 amide bonds. The molecule has 0 aliphatic heterocycles. The Hall–Kier alpha value is -3.08. The van der Waals surface area contributed by atoms with Crippen LogP contribution >= 0.6 is 0 Å². The maximum absolute atomic E-state index is 14.2. The van der Waals surface area contributed by atoms with Gasteiger partial charge >= 0.3 is 0 Å². The number of sulfone groups is 1. The zero-order valence-corrected chi connectivity index (χ0v) is 20.0. The second kappa shape index (κ2) is 9.65. The molecular formula is C23H26F3N3O4S. The molecule has 2 aromatic rings. The number of alkyl halides is 2. The van der Waals surface area contributed by atoms with Crippen molar-refractivity contribution in [1.29, 1.82) is 0 Å². The standard InChI is InChI=1S/C23H26F3N3O4S/c1-23(25,26)17-11-12-18(28-22(17)33-16-9-7-15(8-10-16)29(2)3)21(30)27-19(14-5-6-14)13-20(24)34(4,31)32/h7-14,19H,5-6H2,1-4H3,(H,27,30)/b20-13+/t19-/m1/s1. The van der Waals surface area contributed by atoms with Crippen molar-refractivity contribution in [3.8, 4) is 11.6 Å². The lowest BCUT2D eigenvalue weighted by molar-refractivity contribution is 0.0149. The van der Waals surface area contributed by atoms with E-state index in [0.29, 0.717) is 19.8 Å². The van der Waals surface area contributed by atoms with Gasteiger partial charge in [-0.25, -0.2) is 22.2 Å². The quantitative estimate of drug-likeness (QED) is 0.552. The van der Waals surface area contributed by atoms with Gasteiger partial charge in [-0.15, -0.1) is 0 Å². The number of hydrogen-bond acceptors (Lipinski definition) is 6. The minimum absolute atomic E-state index is 0.123. The Morgan fingerprint density at radius 3 is 2.32 bits per heavy atom. The maximum atomic E-state index is 14.2. The third-order valence-electron chi connectivity index (χ3n) is 5.23. The highest BCUT2D eigenvalue weighted by atomic mass is 32.2. The summed E-state index contributed by atoms with van der Waals surface area (Å²) in [6, 6.07) is 7.93. The summed E-state index contributed by atoms with van der Waals surface area (Å²) >= 11 is 0. The van der Waals surface area contributed by atoms with Crippen molar-refractivity contribution >= 4 is 21.4 Å². The first-order chi connectivity index (χ1) is 15.8. The molecule has 1 aliphatic rings. The Morgan fingerprint density at radius 2 is 1.82 bits per heavy atom. The Morgan fingerprint density at radius 1 is 1.21 bits per heavy atom. The molecule has 0 radical (unpaired) electrons. The summed E-state index contributed by atoms with van der Waals surface area (Å²) < 4.78 is 70.7. The number of aromatic nitrogens is 1. The summed E-state index contributed by atoms with van der Waals surface area (Å²) in [4.78, 5) is 18.6. The van der Waals surface area contributed by atoms with Gasteiger partial charge in [-0.1, -0.05) is 0 Å². The first-order valence-corrected chi connectivity index (χ1v) is 12.4. The van der Waals surface area contributed by atoms with Gasteiger partial charge in [-0.05, 0) is 61.2 Å². The highest BCUT2D eigenvalue weighted by molar-refractivity contribution is 7.94. The van der Waals surface area contributed by atoms with E-state index in [9.17, 15) is 26.4 Å². The van der Waals surface area contributed by atoms with Gasteiger partial charge in [0.2, 0.25) is 20.9 Å². The SMILES string of the molecule is CN(C)c1ccc(Oc2nc(C(=O)N[C@H](/C=C(\F)S(C)(=O)=O)C3CC3)ccc2C(C)(F)F)cc1. The predicted molar refractivity (Wildman–Crippen MR) is 123 cm³/mol. The molecule has 1 N–H and O–H groups in total. The van der Waals surface area contributed by atoms with Crippen molar-refractivity contribution in [3.05, 3.63) is 58.9 Å². The number of pyridine rings is 1. The van der Waals surface area contributed by atoms with Crippen LogP contribution in [0.5, 0.6) is 11.6 Å². The smallest absolute Gasteiger partial charge is 0.275 e. The monoisotopic (exact) mass is 497 g/mol. The molecule has 1 aromatic carbocycles. The lowest BCUT2D eigenvalue weighted by Crippen LogP contribution is -2.36. The Labute approximate surface area is 196 Å². The van der Waals surface area contributed by atoms with E-state index < -0.39 is 44.3 Å². The molecule has 1 aromatic heterocycles. The second-order valence-corrected chi connectivity index (χ2v) is 10.4. The number of anilines is 1. The third kappa shape index (κ3) is 6.49. The number of ether oxygens (including phenoxy) is 1. The number of carbonyl (C=O) groups is 1. The topological polar surface area (TPSA) is 88.6 Å². The summed E-state index contributed by atoms with van der Waals surface area (Å²) in [5, 5.41) is 1.19. The van der Waals surface area contributed by atoms with E-state index in [0.717, 1.165) is 30.2 Å². The molecule has 0 bridgehead atoms. The molecule has 3 rings (SSSR count). The first-order valence-electron chi connectivity index (χ1n) is 10.5. The molecule has 0 saturated heterocycles. The molecule has 1 atom stereocenters. The first kappa shape index (κ1) is 25.5. The molecule has 0 spiro atoms. The normalized spacial score (nSPS) is 15.6. The largest absolute Gasteiger partial charge is 0.438 e. The summed E-state index contributed by atoms with van der Waals surface area (Å²) in [5.41, 5.74) is 0.129. The third-order valence-corrected chi connectivity index (χ3v) is 6.07. The Kier molecular flexibility index (Phi) is 7.25. The Bertz CT molecular complexity index is 1190. The van der Waals surface area contributed by atoms with Gasteiger partial charge < -0.3 is 15.0 Å². The van der Waals surface area contributed by atoms with Crippen LogP contribution in [0.2, 0.25) is 0 Å². The van der Waals surface area contributed by atoms with E-state index >= 15 is 0 Å². The lowest BCUT2D eigenvalue weighted by atomic mass is 10.1. The lowest BCUT2D eigenvalue weighted by Gasteiger charge is -2.18. The summed E-state index contributed by atoms with van der Waals surface area (Å²) in [7, 11) is -0.358. The van der Waals surface area contributed by atoms with E-state index in [-0.39, 0.29) is 17.4 Å². The number of amides is 1. The maximum Gasteiger partial charge on any atom is 0.275 e. The van der Waals surface area contributed by atoms with Crippen molar-refractivity contribution in [2.45, 2.75) is 31.7 Å². The van der Waals surface area contributed by atoms with Crippen molar-refractivity contribution in [2.24, 2.45) is 5.92 Å². The molecule has 7 nitrogen and oxygen atoms in total. The van der Waals surface area contributed by atoms with Crippen molar-refractivity contribution in [1.82, 2.24) is 10.3 Å². The molecule has 0 unspecified atom stereocenters. The zero-order chi connectivity index (χ0) is 25.3. The molecule has 1 aliphatic carbocycles. The number of hydrogen-bond donors (Lipinski definition) is 1. The fourth-order valence-electron chi connectivity index (χ4n) is 3.14. The number of carbonyl (C=O) groups excluding carboxylic acids is 1. The highest BCUT2D eigenvalue weighted by Crippen LogP contribution is 2.37. The van der Waals surface area contributed by atoms with E-state index in [2.05, 4.69) is 10.3 Å². The molecule has 1 heterocycles. The number of halogens is 3. The van der Waals surface area contributed by atoms with Gasteiger partial charge in [0.05, 0.1) is 11.6 Å².